The second kappa shape index (κ2) is 6.19. The first-order valence-electron chi connectivity index (χ1n) is 8.51. The van der Waals surface area contributed by atoms with Gasteiger partial charge in [0.2, 0.25) is 0 Å². The number of H-pyrrole nitrogens is 1. The Balaban J connectivity index is 1.52. The summed E-state index contributed by atoms with van der Waals surface area (Å²) in [7, 11) is 0. The van der Waals surface area contributed by atoms with E-state index in [9.17, 15) is 22.4 Å². The summed E-state index contributed by atoms with van der Waals surface area (Å²) in [4.78, 5) is 21.5. The summed E-state index contributed by atoms with van der Waals surface area (Å²) in [5.74, 6) is 0.213. The Hall–Kier alpha value is -2.22. The molecule has 1 N–H and O–H groups in total. The third-order valence-electron chi connectivity index (χ3n) is 4.90. The van der Waals surface area contributed by atoms with Crippen molar-refractivity contribution >= 4 is 0 Å². The van der Waals surface area contributed by atoms with Crippen LogP contribution < -0.4 is 5.56 Å². The highest BCUT2D eigenvalue weighted by Crippen LogP contribution is 2.38. The van der Waals surface area contributed by atoms with E-state index in [4.69, 9.17) is 0 Å². The normalized spacial score (nSPS) is 18.0. The van der Waals surface area contributed by atoms with Gasteiger partial charge in [-0.3, -0.25) is 9.69 Å². The Labute approximate surface area is 146 Å². The van der Waals surface area contributed by atoms with Crippen LogP contribution in [0.1, 0.15) is 47.0 Å². The fourth-order valence-corrected chi connectivity index (χ4v) is 3.28. The molecule has 0 amide bonds. The summed E-state index contributed by atoms with van der Waals surface area (Å²) in [6.45, 7) is 1.03. The molecule has 1 fully saturated rings. The first-order chi connectivity index (χ1) is 12.3. The van der Waals surface area contributed by atoms with Gasteiger partial charge in [-0.1, -0.05) is 6.07 Å². The molecule has 4 nitrogen and oxygen atoms in total. The molecule has 26 heavy (non-hydrogen) atoms. The second-order valence-electron chi connectivity index (χ2n) is 6.92. The lowest BCUT2D eigenvalue weighted by atomic mass is 10.0. The summed E-state index contributed by atoms with van der Waals surface area (Å²) in [6, 6.07) is 2.56. The molecule has 0 radical (unpaired) electrons. The highest BCUT2D eigenvalue weighted by molar-refractivity contribution is 5.27. The van der Waals surface area contributed by atoms with Gasteiger partial charge in [0.1, 0.15) is 11.6 Å². The van der Waals surface area contributed by atoms with Crippen LogP contribution in [0, 0.1) is 5.82 Å². The standard InChI is InChI=1S/C18H17F4N3O/c19-14-7-12(18(20,21)22)4-3-11(14)8-25-6-5-15-13(9-25)17(26)24-16(23-15)10-1-2-10/h3-4,7,10H,1-2,5-6,8-9H2,(H,23,24,26). The molecule has 1 saturated carbocycles. The van der Waals surface area contributed by atoms with Crippen molar-refractivity contribution in [2.24, 2.45) is 0 Å². The van der Waals surface area contributed by atoms with E-state index in [-0.39, 0.29) is 17.7 Å². The van der Waals surface area contributed by atoms with Crippen LogP contribution in [0.3, 0.4) is 0 Å². The van der Waals surface area contributed by atoms with E-state index in [1.54, 1.807) is 0 Å². The first kappa shape index (κ1) is 17.2. The summed E-state index contributed by atoms with van der Waals surface area (Å²) >= 11 is 0. The SMILES string of the molecule is O=c1[nH]c(C2CC2)nc2c1CN(Cc1ccc(C(F)(F)F)cc1F)CC2. The van der Waals surface area contributed by atoms with E-state index in [1.165, 1.54) is 0 Å². The van der Waals surface area contributed by atoms with Crippen LogP contribution in [-0.2, 0) is 25.7 Å². The molecule has 2 aliphatic rings. The van der Waals surface area contributed by atoms with Gasteiger partial charge in [-0.15, -0.1) is 0 Å². The van der Waals surface area contributed by atoms with E-state index in [0.29, 0.717) is 37.1 Å². The van der Waals surface area contributed by atoms with Gasteiger partial charge in [0.15, 0.2) is 0 Å². The number of hydrogen-bond acceptors (Lipinski definition) is 3. The number of aromatic amines is 1. The fourth-order valence-electron chi connectivity index (χ4n) is 3.28. The maximum Gasteiger partial charge on any atom is 0.416 e. The summed E-state index contributed by atoms with van der Waals surface area (Å²) in [5.41, 5.74) is 0.346. The highest BCUT2D eigenvalue weighted by atomic mass is 19.4. The zero-order chi connectivity index (χ0) is 18.5. The van der Waals surface area contributed by atoms with Crippen molar-refractivity contribution in [1.82, 2.24) is 14.9 Å². The monoisotopic (exact) mass is 367 g/mol. The number of nitrogens with one attached hydrogen (secondary N) is 1. The lowest BCUT2D eigenvalue weighted by Gasteiger charge is -2.28. The van der Waals surface area contributed by atoms with Crippen LogP contribution in [0.25, 0.3) is 0 Å². The van der Waals surface area contributed by atoms with Gasteiger partial charge in [0.05, 0.1) is 16.8 Å². The first-order valence-corrected chi connectivity index (χ1v) is 8.51. The van der Waals surface area contributed by atoms with E-state index >= 15 is 0 Å². The molecular formula is C18H17F4N3O. The number of hydrogen-bond donors (Lipinski definition) is 1. The van der Waals surface area contributed by atoms with E-state index in [0.717, 1.165) is 36.5 Å². The van der Waals surface area contributed by atoms with E-state index < -0.39 is 17.6 Å². The van der Waals surface area contributed by atoms with Crippen molar-refractivity contribution in [3.8, 4) is 0 Å². The predicted octanol–water partition coefficient (Wildman–Crippen LogP) is 3.36. The lowest BCUT2D eigenvalue weighted by Crippen LogP contribution is -2.36. The van der Waals surface area contributed by atoms with E-state index in [1.807, 2.05) is 4.90 Å². The maximum atomic E-state index is 14.1. The van der Waals surface area contributed by atoms with Gasteiger partial charge in [0, 0.05) is 37.5 Å². The number of rotatable bonds is 3. The average Bonchev–Trinajstić information content (AvgIpc) is 3.41. The van der Waals surface area contributed by atoms with Crippen LogP contribution in [0.2, 0.25) is 0 Å². The van der Waals surface area contributed by atoms with Gasteiger partial charge in [-0.2, -0.15) is 13.2 Å². The van der Waals surface area contributed by atoms with Crippen molar-refractivity contribution in [3.63, 3.8) is 0 Å². The third-order valence-corrected chi connectivity index (χ3v) is 4.90. The van der Waals surface area contributed by atoms with Crippen LogP contribution in [-0.4, -0.2) is 21.4 Å². The fraction of sp³-hybridized carbons (Fsp3) is 0.444. The Morgan fingerprint density at radius 2 is 2.04 bits per heavy atom. The molecule has 0 atom stereocenters. The van der Waals surface area contributed by atoms with Crippen molar-refractivity contribution in [2.45, 2.75) is 44.4 Å². The van der Waals surface area contributed by atoms with Crippen molar-refractivity contribution in [2.75, 3.05) is 6.54 Å². The minimum Gasteiger partial charge on any atom is -0.310 e. The molecule has 1 aliphatic carbocycles. The maximum absolute atomic E-state index is 14.1. The van der Waals surface area contributed by atoms with Crippen molar-refractivity contribution in [3.05, 3.63) is 62.6 Å². The van der Waals surface area contributed by atoms with Crippen LogP contribution in [0.4, 0.5) is 17.6 Å². The minimum absolute atomic E-state index is 0.146. The van der Waals surface area contributed by atoms with Gasteiger partial charge in [0.25, 0.3) is 5.56 Å². The topological polar surface area (TPSA) is 49.0 Å². The van der Waals surface area contributed by atoms with Crippen molar-refractivity contribution in [1.29, 1.82) is 0 Å². The zero-order valence-electron chi connectivity index (χ0n) is 13.9. The molecule has 2 aromatic rings. The second-order valence-corrected chi connectivity index (χ2v) is 6.92. The summed E-state index contributed by atoms with van der Waals surface area (Å²) in [6.07, 6.45) is -1.91. The van der Waals surface area contributed by atoms with Crippen LogP contribution in [0.5, 0.6) is 0 Å². The average molecular weight is 367 g/mol. The number of benzene rings is 1. The van der Waals surface area contributed by atoms with Crippen LogP contribution >= 0.6 is 0 Å². The van der Waals surface area contributed by atoms with Crippen molar-refractivity contribution < 1.29 is 17.6 Å². The Bertz CT molecular complexity index is 902. The largest absolute Gasteiger partial charge is 0.416 e. The predicted molar refractivity (Wildman–Crippen MR) is 86.1 cm³/mol. The molecule has 138 valence electrons. The van der Waals surface area contributed by atoms with Gasteiger partial charge in [-0.05, 0) is 25.0 Å². The number of fused-ring (bicyclic) bond motifs is 1. The molecule has 1 aromatic carbocycles. The number of aromatic nitrogens is 2. The third kappa shape index (κ3) is 3.38. The Morgan fingerprint density at radius 3 is 2.69 bits per heavy atom. The number of alkyl halides is 3. The van der Waals surface area contributed by atoms with Gasteiger partial charge < -0.3 is 4.98 Å². The molecule has 1 aliphatic heterocycles. The minimum atomic E-state index is -4.57. The molecule has 0 saturated heterocycles. The smallest absolute Gasteiger partial charge is 0.310 e. The molecular weight excluding hydrogens is 350 g/mol. The Kier molecular flexibility index (Phi) is 4.10. The van der Waals surface area contributed by atoms with Crippen LogP contribution in [0.15, 0.2) is 23.0 Å². The van der Waals surface area contributed by atoms with Gasteiger partial charge in [-0.25, -0.2) is 9.37 Å². The molecule has 0 unspecified atom stereocenters. The number of halogens is 4. The molecule has 4 rings (SSSR count). The van der Waals surface area contributed by atoms with E-state index in [2.05, 4.69) is 9.97 Å². The highest BCUT2D eigenvalue weighted by Gasteiger charge is 2.32. The molecule has 2 heterocycles. The quantitative estimate of drug-likeness (QED) is 0.847. The molecule has 0 bridgehead atoms. The molecule has 8 heteroatoms. The lowest BCUT2D eigenvalue weighted by molar-refractivity contribution is -0.137. The zero-order valence-corrected chi connectivity index (χ0v) is 13.9. The Morgan fingerprint density at radius 1 is 1.27 bits per heavy atom. The number of nitrogens with zero attached hydrogens (tertiary/aromatic N) is 2. The van der Waals surface area contributed by atoms with Gasteiger partial charge >= 0.3 is 6.18 Å². The molecule has 1 aromatic heterocycles. The summed E-state index contributed by atoms with van der Waals surface area (Å²) < 4.78 is 52.0. The summed E-state index contributed by atoms with van der Waals surface area (Å²) in [5, 5.41) is 0. The molecule has 0 spiro atoms.